The molecule has 0 bridgehead atoms. The number of amides is 1. The first kappa shape index (κ1) is 13.0. The third-order valence-corrected chi connectivity index (χ3v) is 3.13. The second-order valence-electron chi connectivity index (χ2n) is 5.63. The summed E-state index contributed by atoms with van der Waals surface area (Å²) in [6.07, 6.45) is 3.93. The maximum absolute atomic E-state index is 11.8. The highest BCUT2D eigenvalue weighted by Crippen LogP contribution is 2.26. The molecule has 1 saturated carbocycles. The molecule has 1 unspecified atom stereocenters. The van der Waals surface area contributed by atoms with Crippen molar-refractivity contribution in [1.29, 1.82) is 0 Å². The summed E-state index contributed by atoms with van der Waals surface area (Å²) in [6, 6.07) is -0.805. The van der Waals surface area contributed by atoms with Gasteiger partial charge in [-0.1, -0.05) is 33.6 Å². The number of hydrogen-bond acceptors (Lipinski definition) is 2. The average molecular weight is 227 g/mol. The minimum absolute atomic E-state index is 0.0178. The number of carboxylic acid groups (broad SMARTS) is 1. The second-order valence-corrected chi connectivity index (χ2v) is 5.63. The van der Waals surface area contributed by atoms with Gasteiger partial charge in [-0.3, -0.25) is 4.79 Å². The van der Waals surface area contributed by atoms with E-state index in [4.69, 9.17) is 5.11 Å². The number of carbonyl (C=O) groups excluding carboxylic acids is 1. The summed E-state index contributed by atoms with van der Waals surface area (Å²) in [6.45, 7) is 5.46. The Labute approximate surface area is 96.4 Å². The predicted molar refractivity (Wildman–Crippen MR) is 61.0 cm³/mol. The summed E-state index contributed by atoms with van der Waals surface area (Å²) in [4.78, 5) is 22.9. The number of aliphatic carboxylic acids is 1. The molecule has 0 saturated heterocycles. The zero-order valence-corrected chi connectivity index (χ0v) is 10.2. The molecule has 0 aromatic carbocycles. The standard InChI is InChI=1S/C12H21NO3/c1-12(2,3)9(11(15)16)13-10(14)8-6-4-5-7-8/h8-9H,4-7H2,1-3H3,(H,13,14)(H,15,16). The fourth-order valence-electron chi connectivity index (χ4n) is 2.10. The summed E-state index contributed by atoms with van der Waals surface area (Å²) >= 11 is 0. The molecule has 0 aromatic heterocycles. The molecule has 1 aliphatic rings. The third kappa shape index (κ3) is 3.22. The Morgan fingerprint density at radius 3 is 2.12 bits per heavy atom. The van der Waals surface area contributed by atoms with E-state index < -0.39 is 17.4 Å². The fourth-order valence-corrected chi connectivity index (χ4v) is 2.10. The maximum Gasteiger partial charge on any atom is 0.326 e. The zero-order valence-electron chi connectivity index (χ0n) is 10.2. The van der Waals surface area contributed by atoms with Crippen molar-refractivity contribution in [3.63, 3.8) is 0 Å². The normalized spacial score (nSPS) is 19.4. The highest BCUT2D eigenvalue weighted by molar-refractivity contribution is 5.85. The van der Waals surface area contributed by atoms with Crippen LogP contribution >= 0.6 is 0 Å². The molecule has 4 nitrogen and oxygen atoms in total. The number of carbonyl (C=O) groups is 2. The van der Waals surface area contributed by atoms with Crippen LogP contribution in [0.3, 0.4) is 0 Å². The zero-order chi connectivity index (χ0) is 12.3. The Morgan fingerprint density at radius 2 is 1.75 bits per heavy atom. The minimum Gasteiger partial charge on any atom is -0.480 e. The summed E-state index contributed by atoms with van der Waals surface area (Å²) in [5.41, 5.74) is -0.458. The Balaban J connectivity index is 2.61. The topological polar surface area (TPSA) is 66.4 Å². The number of hydrogen-bond donors (Lipinski definition) is 2. The van der Waals surface area contributed by atoms with Crippen molar-refractivity contribution in [2.75, 3.05) is 0 Å². The van der Waals surface area contributed by atoms with E-state index in [1.807, 2.05) is 20.8 Å². The molecule has 0 aliphatic heterocycles. The van der Waals surface area contributed by atoms with Crippen molar-refractivity contribution >= 4 is 11.9 Å². The molecule has 0 heterocycles. The van der Waals surface area contributed by atoms with Gasteiger partial charge in [-0.2, -0.15) is 0 Å². The van der Waals surface area contributed by atoms with E-state index in [0.29, 0.717) is 0 Å². The molecule has 1 fully saturated rings. The number of nitrogens with one attached hydrogen (secondary N) is 1. The van der Waals surface area contributed by atoms with Crippen LogP contribution in [0.4, 0.5) is 0 Å². The average Bonchev–Trinajstić information content (AvgIpc) is 2.63. The first-order chi connectivity index (χ1) is 7.32. The molecule has 1 rings (SSSR count). The minimum atomic E-state index is -0.959. The van der Waals surface area contributed by atoms with Gasteiger partial charge in [0.15, 0.2) is 0 Å². The molecule has 1 atom stereocenters. The monoisotopic (exact) mass is 227 g/mol. The van der Waals surface area contributed by atoms with Crippen molar-refractivity contribution in [2.24, 2.45) is 11.3 Å². The molecule has 4 heteroatoms. The van der Waals surface area contributed by atoms with Gasteiger partial charge in [-0.15, -0.1) is 0 Å². The van der Waals surface area contributed by atoms with Crippen LogP contribution < -0.4 is 5.32 Å². The van der Waals surface area contributed by atoms with Crippen LogP contribution in [0.15, 0.2) is 0 Å². The highest BCUT2D eigenvalue weighted by atomic mass is 16.4. The summed E-state index contributed by atoms with van der Waals surface area (Å²) in [5, 5.41) is 11.7. The van der Waals surface area contributed by atoms with Crippen molar-refractivity contribution < 1.29 is 14.7 Å². The molecule has 2 N–H and O–H groups in total. The van der Waals surface area contributed by atoms with Crippen LogP contribution in [0.2, 0.25) is 0 Å². The van der Waals surface area contributed by atoms with Gasteiger partial charge in [0.25, 0.3) is 0 Å². The molecule has 16 heavy (non-hydrogen) atoms. The number of carboxylic acids is 1. The quantitative estimate of drug-likeness (QED) is 0.772. The Bertz CT molecular complexity index is 274. The lowest BCUT2D eigenvalue weighted by molar-refractivity contribution is -0.145. The van der Waals surface area contributed by atoms with Gasteiger partial charge >= 0.3 is 5.97 Å². The molecule has 1 amide bonds. The molecular weight excluding hydrogens is 206 g/mol. The SMILES string of the molecule is CC(C)(C)C(NC(=O)C1CCCC1)C(=O)O. The van der Waals surface area contributed by atoms with Gasteiger partial charge in [0.1, 0.15) is 6.04 Å². The predicted octanol–water partition coefficient (Wildman–Crippen LogP) is 1.79. The fraction of sp³-hybridized carbons (Fsp3) is 0.833. The Hall–Kier alpha value is -1.06. The van der Waals surface area contributed by atoms with E-state index in [0.717, 1.165) is 25.7 Å². The van der Waals surface area contributed by atoms with Crippen molar-refractivity contribution in [3.8, 4) is 0 Å². The van der Waals surface area contributed by atoms with E-state index in [9.17, 15) is 9.59 Å². The van der Waals surface area contributed by atoms with E-state index in [-0.39, 0.29) is 11.8 Å². The van der Waals surface area contributed by atoms with Crippen LogP contribution in [0.1, 0.15) is 46.5 Å². The lowest BCUT2D eigenvalue weighted by Gasteiger charge is -2.28. The van der Waals surface area contributed by atoms with Gasteiger partial charge in [0, 0.05) is 5.92 Å². The molecular formula is C12H21NO3. The largest absolute Gasteiger partial charge is 0.480 e. The molecule has 0 aromatic rings. The highest BCUT2D eigenvalue weighted by Gasteiger charge is 2.34. The summed E-state index contributed by atoms with van der Waals surface area (Å²) in [5.74, 6) is -1.04. The first-order valence-electron chi connectivity index (χ1n) is 5.85. The second kappa shape index (κ2) is 4.85. The molecule has 0 radical (unpaired) electrons. The first-order valence-corrected chi connectivity index (χ1v) is 5.85. The summed E-state index contributed by atoms with van der Waals surface area (Å²) in [7, 11) is 0. The van der Waals surface area contributed by atoms with Gasteiger partial charge in [0.2, 0.25) is 5.91 Å². The third-order valence-electron chi connectivity index (χ3n) is 3.13. The smallest absolute Gasteiger partial charge is 0.326 e. The van der Waals surface area contributed by atoms with Gasteiger partial charge in [-0.05, 0) is 18.3 Å². The van der Waals surface area contributed by atoms with Gasteiger partial charge in [0.05, 0.1) is 0 Å². The van der Waals surface area contributed by atoms with Crippen LogP contribution in [0.25, 0.3) is 0 Å². The van der Waals surface area contributed by atoms with Crippen molar-refractivity contribution in [1.82, 2.24) is 5.32 Å². The molecule has 0 spiro atoms. The van der Waals surface area contributed by atoms with Crippen molar-refractivity contribution in [2.45, 2.75) is 52.5 Å². The van der Waals surface area contributed by atoms with E-state index >= 15 is 0 Å². The summed E-state index contributed by atoms with van der Waals surface area (Å²) < 4.78 is 0. The van der Waals surface area contributed by atoms with Crippen molar-refractivity contribution in [3.05, 3.63) is 0 Å². The lowest BCUT2D eigenvalue weighted by atomic mass is 9.86. The van der Waals surface area contributed by atoms with Crippen LogP contribution in [-0.2, 0) is 9.59 Å². The number of rotatable bonds is 3. The van der Waals surface area contributed by atoms with Gasteiger partial charge < -0.3 is 10.4 Å². The van der Waals surface area contributed by atoms with E-state index in [1.54, 1.807) is 0 Å². The van der Waals surface area contributed by atoms with E-state index in [2.05, 4.69) is 5.32 Å². The maximum atomic E-state index is 11.8. The van der Waals surface area contributed by atoms with Gasteiger partial charge in [-0.25, -0.2) is 4.79 Å². The van der Waals surface area contributed by atoms with Crippen LogP contribution in [0, 0.1) is 11.3 Å². The van der Waals surface area contributed by atoms with E-state index in [1.165, 1.54) is 0 Å². The molecule has 1 aliphatic carbocycles. The van der Waals surface area contributed by atoms with Crippen LogP contribution in [0.5, 0.6) is 0 Å². The molecule has 92 valence electrons. The van der Waals surface area contributed by atoms with Crippen LogP contribution in [-0.4, -0.2) is 23.0 Å². The Morgan fingerprint density at radius 1 is 1.25 bits per heavy atom. The Kier molecular flexibility index (Phi) is 3.94. The lowest BCUT2D eigenvalue weighted by Crippen LogP contribution is -2.50.